The van der Waals surface area contributed by atoms with E-state index in [-0.39, 0.29) is 23.7 Å². The van der Waals surface area contributed by atoms with Crippen LogP contribution in [0.5, 0.6) is 0 Å². The SMILES string of the molecule is CC(CCCCCCNC(=O)/C=C/c1cccnc1)N(CCF)S(=O)(=O)C1CCCCC1. The standard InChI is InChI=1S/C24H38FN3O3S/c1-21(28(19-16-25)32(30,31)23-12-6-4-7-13-23)10-5-2-3-8-18-27-24(29)15-14-22-11-9-17-26-20-22/h9,11,14-15,17,20-21,23H,2-8,10,12-13,16,18-19H2,1H3,(H,27,29)/b15-14+. The summed E-state index contributed by atoms with van der Waals surface area (Å²) in [5.41, 5.74) is 0.879. The quantitative estimate of drug-likeness (QED) is 0.323. The summed E-state index contributed by atoms with van der Waals surface area (Å²) in [5.74, 6) is -0.128. The zero-order valence-corrected chi connectivity index (χ0v) is 20.0. The van der Waals surface area contributed by atoms with Gasteiger partial charge in [0.25, 0.3) is 0 Å². The zero-order valence-electron chi connectivity index (χ0n) is 19.2. The molecular formula is C24H38FN3O3S. The van der Waals surface area contributed by atoms with E-state index in [0.29, 0.717) is 19.4 Å². The fraction of sp³-hybridized carbons (Fsp3) is 0.667. The van der Waals surface area contributed by atoms with Gasteiger partial charge in [0.1, 0.15) is 6.67 Å². The molecule has 1 aliphatic carbocycles. The van der Waals surface area contributed by atoms with Gasteiger partial charge < -0.3 is 5.32 Å². The van der Waals surface area contributed by atoms with Gasteiger partial charge in [-0.2, -0.15) is 4.31 Å². The van der Waals surface area contributed by atoms with Crippen LogP contribution in [0.4, 0.5) is 4.39 Å². The first-order valence-electron chi connectivity index (χ1n) is 11.9. The smallest absolute Gasteiger partial charge is 0.243 e. The second-order valence-electron chi connectivity index (χ2n) is 8.57. The Morgan fingerprint density at radius 2 is 2.00 bits per heavy atom. The molecule has 32 heavy (non-hydrogen) atoms. The molecule has 0 aromatic carbocycles. The number of unbranched alkanes of at least 4 members (excludes halogenated alkanes) is 3. The highest BCUT2D eigenvalue weighted by molar-refractivity contribution is 7.89. The summed E-state index contributed by atoms with van der Waals surface area (Å²) >= 11 is 0. The number of hydrogen-bond donors (Lipinski definition) is 1. The van der Waals surface area contributed by atoms with Gasteiger partial charge >= 0.3 is 0 Å². The van der Waals surface area contributed by atoms with E-state index in [9.17, 15) is 17.6 Å². The van der Waals surface area contributed by atoms with Crippen LogP contribution in [0.1, 0.15) is 76.7 Å². The van der Waals surface area contributed by atoms with Crippen LogP contribution >= 0.6 is 0 Å². The Hall–Kier alpha value is -1.80. The number of alkyl halides is 1. The van der Waals surface area contributed by atoms with Crippen molar-refractivity contribution in [1.82, 2.24) is 14.6 Å². The lowest BCUT2D eigenvalue weighted by molar-refractivity contribution is -0.116. The number of halogens is 1. The van der Waals surface area contributed by atoms with E-state index in [1.165, 1.54) is 10.4 Å². The average molecular weight is 468 g/mol. The molecule has 180 valence electrons. The van der Waals surface area contributed by atoms with Crippen LogP contribution in [0.15, 0.2) is 30.6 Å². The van der Waals surface area contributed by atoms with Gasteiger partial charge in [-0.1, -0.05) is 44.6 Å². The Kier molecular flexibility index (Phi) is 11.9. The second kappa shape index (κ2) is 14.4. The predicted octanol–water partition coefficient (Wildman–Crippen LogP) is 4.48. The Morgan fingerprint density at radius 1 is 1.25 bits per heavy atom. The minimum Gasteiger partial charge on any atom is -0.353 e. The van der Waals surface area contributed by atoms with E-state index in [0.717, 1.165) is 56.9 Å². The number of sulfonamides is 1. The third kappa shape index (κ3) is 8.98. The lowest BCUT2D eigenvalue weighted by Gasteiger charge is -2.33. The van der Waals surface area contributed by atoms with Gasteiger partial charge in [0.15, 0.2) is 0 Å². The summed E-state index contributed by atoms with van der Waals surface area (Å²) < 4.78 is 40.5. The Balaban J connectivity index is 1.64. The third-order valence-corrected chi connectivity index (χ3v) is 8.57. The molecule has 1 unspecified atom stereocenters. The summed E-state index contributed by atoms with van der Waals surface area (Å²) in [4.78, 5) is 15.8. The minimum atomic E-state index is -3.44. The first kappa shape index (κ1) is 26.5. The number of amides is 1. The van der Waals surface area contributed by atoms with Crippen LogP contribution in [-0.2, 0) is 14.8 Å². The highest BCUT2D eigenvalue weighted by Gasteiger charge is 2.35. The molecule has 1 N–H and O–H groups in total. The molecule has 0 aliphatic heterocycles. The van der Waals surface area contributed by atoms with Crippen molar-refractivity contribution >= 4 is 22.0 Å². The highest BCUT2D eigenvalue weighted by atomic mass is 32.2. The molecule has 1 heterocycles. The van der Waals surface area contributed by atoms with Crippen molar-refractivity contribution in [2.75, 3.05) is 19.8 Å². The first-order valence-corrected chi connectivity index (χ1v) is 13.4. The molecule has 0 bridgehead atoms. The van der Waals surface area contributed by atoms with E-state index in [2.05, 4.69) is 10.3 Å². The molecule has 1 amide bonds. The maximum Gasteiger partial charge on any atom is 0.243 e. The van der Waals surface area contributed by atoms with Crippen LogP contribution < -0.4 is 5.32 Å². The number of nitrogens with zero attached hydrogens (tertiary/aromatic N) is 2. The third-order valence-electron chi connectivity index (χ3n) is 6.06. The number of nitrogens with one attached hydrogen (secondary N) is 1. The van der Waals surface area contributed by atoms with Crippen molar-refractivity contribution in [2.45, 2.75) is 82.4 Å². The maximum atomic E-state index is 13.1. The van der Waals surface area contributed by atoms with Crippen molar-refractivity contribution in [3.8, 4) is 0 Å². The topological polar surface area (TPSA) is 79.4 Å². The minimum absolute atomic E-state index is 0.0431. The van der Waals surface area contributed by atoms with Gasteiger partial charge in [0.05, 0.1) is 5.25 Å². The van der Waals surface area contributed by atoms with E-state index < -0.39 is 16.7 Å². The highest BCUT2D eigenvalue weighted by Crippen LogP contribution is 2.28. The van der Waals surface area contributed by atoms with Crippen molar-refractivity contribution in [2.24, 2.45) is 0 Å². The molecule has 1 saturated carbocycles. The predicted molar refractivity (Wildman–Crippen MR) is 127 cm³/mol. The van der Waals surface area contributed by atoms with E-state index in [1.54, 1.807) is 18.5 Å². The normalized spacial score (nSPS) is 16.5. The summed E-state index contributed by atoms with van der Waals surface area (Å²) in [5, 5.41) is 2.52. The molecule has 1 atom stereocenters. The van der Waals surface area contributed by atoms with Gasteiger partial charge in [-0.25, -0.2) is 12.8 Å². The molecule has 1 aromatic rings. The molecular weight excluding hydrogens is 429 g/mol. The Morgan fingerprint density at radius 3 is 2.69 bits per heavy atom. The molecule has 2 rings (SSSR count). The maximum absolute atomic E-state index is 13.1. The lowest BCUT2D eigenvalue weighted by atomic mass is 10.0. The van der Waals surface area contributed by atoms with E-state index in [4.69, 9.17) is 0 Å². The molecule has 1 fully saturated rings. The number of carbonyl (C=O) groups is 1. The summed E-state index contributed by atoms with van der Waals surface area (Å²) in [6.07, 6.45) is 15.4. The molecule has 8 heteroatoms. The van der Waals surface area contributed by atoms with Gasteiger partial charge in [-0.05, 0) is 50.3 Å². The summed E-state index contributed by atoms with van der Waals surface area (Å²) in [7, 11) is -3.44. The molecule has 1 aliphatic rings. The van der Waals surface area contributed by atoms with Gasteiger partial charge in [0.2, 0.25) is 15.9 Å². The van der Waals surface area contributed by atoms with Crippen molar-refractivity contribution in [3.05, 3.63) is 36.2 Å². The molecule has 6 nitrogen and oxygen atoms in total. The van der Waals surface area contributed by atoms with Gasteiger partial charge in [0, 0.05) is 37.6 Å². The number of hydrogen-bond acceptors (Lipinski definition) is 4. The lowest BCUT2D eigenvalue weighted by Crippen LogP contribution is -2.45. The number of carbonyl (C=O) groups excluding carboxylic acids is 1. The van der Waals surface area contributed by atoms with Gasteiger partial charge in [-0.3, -0.25) is 9.78 Å². The number of pyridine rings is 1. The van der Waals surface area contributed by atoms with Crippen LogP contribution in [0.25, 0.3) is 6.08 Å². The summed E-state index contributed by atoms with van der Waals surface area (Å²) in [6.45, 7) is 1.81. The zero-order chi connectivity index (χ0) is 23.2. The molecule has 0 spiro atoms. The second-order valence-corrected chi connectivity index (χ2v) is 10.7. The van der Waals surface area contributed by atoms with Crippen LogP contribution in [-0.4, -0.2) is 54.7 Å². The van der Waals surface area contributed by atoms with Crippen molar-refractivity contribution in [3.63, 3.8) is 0 Å². The van der Waals surface area contributed by atoms with Crippen LogP contribution in [0.2, 0.25) is 0 Å². The van der Waals surface area contributed by atoms with Crippen molar-refractivity contribution < 1.29 is 17.6 Å². The Labute approximate surface area is 192 Å². The largest absolute Gasteiger partial charge is 0.353 e. The first-order chi connectivity index (χ1) is 15.4. The van der Waals surface area contributed by atoms with Gasteiger partial charge in [-0.15, -0.1) is 0 Å². The Bertz CT molecular complexity index is 796. The monoisotopic (exact) mass is 467 g/mol. The number of aromatic nitrogens is 1. The average Bonchev–Trinajstić information content (AvgIpc) is 2.81. The van der Waals surface area contributed by atoms with Crippen molar-refractivity contribution in [1.29, 1.82) is 0 Å². The van der Waals surface area contributed by atoms with Crippen LogP contribution in [0, 0.1) is 0 Å². The summed E-state index contributed by atoms with van der Waals surface area (Å²) in [6, 6.07) is 3.52. The fourth-order valence-corrected chi connectivity index (χ4v) is 6.46. The van der Waals surface area contributed by atoms with E-state index in [1.807, 2.05) is 19.1 Å². The molecule has 0 saturated heterocycles. The fourth-order valence-electron chi connectivity index (χ4n) is 4.22. The van der Waals surface area contributed by atoms with E-state index >= 15 is 0 Å². The molecule has 1 aromatic heterocycles. The van der Waals surface area contributed by atoms with Crippen LogP contribution in [0.3, 0.4) is 0 Å². The number of rotatable bonds is 14. The molecule has 0 radical (unpaired) electrons.